The molecular weight excluding hydrogens is 362 g/mol. The molecule has 0 saturated heterocycles. The van der Waals surface area contributed by atoms with E-state index >= 15 is 0 Å². The molecule has 2 nitrogen and oxygen atoms in total. The van der Waals surface area contributed by atoms with E-state index in [9.17, 15) is 0 Å². The minimum Gasteiger partial charge on any atom is -0.489 e. The molecule has 0 fully saturated rings. The van der Waals surface area contributed by atoms with E-state index in [1.165, 1.54) is 16.5 Å². The predicted octanol–water partition coefficient (Wildman–Crippen LogP) is 5.97. The molecule has 0 spiro atoms. The van der Waals surface area contributed by atoms with Crippen molar-refractivity contribution in [1.82, 2.24) is 4.57 Å². The van der Waals surface area contributed by atoms with Crippen LogP contribution in [0.3, 0.4) is 0 Å². The molecule has 0 N–H and O–H groups in total. The van der Waals surface area contributed by atoms with E-state index in [1.54, 1.807) is 0 Å². The Morgan fingerprint density at radius 2 is 1.71 bits per heavy atom. The molecule has 4 aromatic rings. The summed E-state index contributed by atoms with van der Waals surface area (Å²) in [4.78, 5) is 0. The average Bonchev–Trinajstić information content (AvgIpc) is 3.04. The second-order valence-electron chi connectivity index (χ2n) is 5.66. The maximum Gasteiger partial charge on any atom is 0.120 e. The third kappa shape index (κ3) is 3.08. The summed E-state index contributed by atoms with van der Waals surface area (Å²) >= 11 is 3.53. The van der Waals surface area contributed by atoms with Crippen LogP contribution in [0.25, 0.3) is 16.6 Å². The van der Waals surface area contributed by atoms with Gasteiger partial charge in [-0.3, -0.25) is 0 Å². The summed E-state index contributed by atoms with van der Waals surface area (Å²) in [6.45, 7) is 0.582. The van der Waals surface area contributed by atoms with Crippen LogP contribution in [-0.4, -0.2) is 4.57 Å². The van der Waals surface area contributed by atoms with Crippen LogP contribution in [-0.2, 0) is 6.61 Å². The summed E-state index contributed by atoms with van der Waals surface area (Å²) in [6.07, 6.45) is 2.09. The molecule has 0 bridgehead atoms. The first-order chi connectivity index (χ1) is 11.8. The van der Waals surface area contributed by atoms with E-state index < -0.39 is 0 Å². The summed E-state index contributed by atoms with van der Waals surface area (Å²) < 4.78 is 9.17. The number of rotatable bonds is 4. The number of halogens is 1. The molecule has 0 aliphatic rings. The minimum absolute atomic E-state index is 0.582. The fraction of sp³-hybridized carbons (Fsp3) is 0.0476. The van der Waals surface area contributed by atoms with Crippen LogP contribution in [0, 0.1) is 0 Å². The molecule has 0 amide bonds. The smallest absolute Gasteiger partial charge is 0.120 e. The van der Waals surface area contributed by atoms with E-state index in [-0.39, 0.29) is 0 Å². The summed E-state index contributed by atoms with van der Waals surface area (Å²) in [5.74, 6) is 0.887. The molecule has 24 heavy (non-hydrogen) atoms. The summed E-state index contributed by atoms with van der Waals surface area (Å²) in [5, 5.41) is 1.17. The standard InChI is InChI=1S/C21H16BrNO/c22-18-7-4-8-19(14-18)23-12-11-17-13-20(9-10-21(17)23)24-15-16-5-2-1-3-6-16/h1-14H,15H2. The van der Waals surface area contributed by atoms with Gasteiger partial charge in [-0.25, -0.2) is 0 Å². The van der Waals surface area contributed by atoms with Gasteiger partial charge in [0.15, 0.2) is 0 Å². The predicted molar refractivity (Wildman–Crippen MR) is 102 cm³/mol. The van der Waals surface area contributed by atoms with Gasteiger partial charge in [-0.1, -0.05) is 52.3 Å². The third-order valence-corrected chi connectivity index (χ3v) is 4.49. The monoisotopic (exact) mass is 377 g/mol. The molecule has 0 unspecified atom stereocenters. The maximum absolute atomic E-state index is 5.92. The van der Waals surface area contributed by atoms with Crippen molar-refractivity contribution in [2.24, 2.45) is 0 Å². The topological polar surface area (TPSA) is 14.2 Å². The zero-order valence-corrected chi connectivity index (χ0v) is 14.6. The van der Waals surface area contributed by atoms with Gasteiger partial charge in [0.25, 0.3) is 0 Å². The SMILES string of the molecule is Brc1cccc(-n2ccc3cc(OCc4ccccc4)ccc32)c1. The first-order valence-electron chi connectivity index (χ1n) is 7.83. The highest BCUT2D eigenvalue weighted by atomic mass is 79.9. The molecule has 1 aromatic heterocycles. The number of aromatic nitrogens is 1. The molecule has 4 rings (SSSR count). The van der Waals surface area contributed by atoms with Crippen LogP contribution in [0.4, 0.5) is 0 Å². The van der Waals surface area contributed by atoms with Gasteiger partial charge in [0.1, 0.15) is 12.4 Å². The Bertz CT molecular complexity index is 975. The highest BCUT2D eigenvalue weighted by molar-refractivity contribution is 9.10. The summed E-state index contributed by atoms with van der Waals surface area (Å²) in [6, 6.07) is 26.8. The Morgan fingerprint density at radius 3 is 2.54 bits per heavy atom. The van der Waals surface area contributed by atoms with Gasteiger partial charge in [-0.05, 0) is 48.0 Å². The summed E-state index contributed by atoms with van der Waals surface area (Å²) in [5.41, 5.74) is 3.47. The molecule has 0 saturated carbocycles. The normalized spacial score (nSPS) is 10.9. The lowest BCUT2D eigenvalue weighted by Gasteiger charge is -2.08. The van der Waals surface area contributed by atoms with Crippen molar-refractivity contribution in [3.05, 3.63) is 95.1 Å². The minimum atomic E-state index is 0.582. The Morgan fingerprint density at radius 1 is 0.833 bits per heavy atom. The Kier molecular flexibility index (Phi) is 4.09. The molecular formula is C21H16BrNO. The molecule has 0 radical (unpaired) electrons. The van der Waals surface area contributed by atoms with E-state index in [0.29, 0.717) is 6.61 Å². The fourth-order valence-corrected chi connectivity index (χ4v) is 3.19. The van der Waals surface area contributed by atoms with Crippen molar-refractivity contribution < 1.29 is 4.74 Å². The molecule has 0 atom stereocenters. The van der Waals surface area contributed by atoms with Crippen molar-refractivity contribution >= 4 is 26.8 Å². The van der Waals surface area contributed by atoms with Crippen molar-refractivity contribution in [3.63, 3.8) is 0 Å². The largest absolute Gasteiger partial charge is 0.489 e. The van der Waals surface area contributed by atoms with Crippen LogP contribution in [0.2, 0.25) is 0 Å². The van der Waals surface area contributed by atoms with Crippen LogP contribution in [0.15, 0.2) is 89.5 Å². The van der Waals surface area contributed by atoms with Gasteiger partial charge in [0.05, 0.1) is 5.52 Å². The second kappa shape index (κ2) is 6.54. The lowest BCUT2D eigenvalue weighted by Crippen LogP contribution is -1.95. The highest BCUT2D eigenvalue weighted by Crippen LogP contribution is 2.26. The van der Waals surface area contributed by atoms with Gasteiger partial charge in [0, 0.05) is 21.7 Å². The number of fused-ring (bicyclic) bond motifs is 1. The van der Waals surface area contributed by atoms with Crippen molar-refractivity contribution in [2.75, 3.05) is 0 Å². The lowest BCUT2D eigenvalue weighted by molar-refractivity contribution is 0.306. The quantitative estimate of drug-likeness (QED) is 0.427. The average molecular weight is 378 g/mol. The van der Waals surface area contributed by atoms with Crippen LogP contribution >= 0.6 is 15.9 Å². The van der Waals surface area contributed by atoms with Gasteiger partial charge < -0.3 is 9.30 Å². The Labute approximate surface area is 149 Å². The second-order valence-corrected chi connectivity index (χ2v) is 6.58. The first kappa shape index (κ1) is 15.0. The third-order valence-electron chi connectivity index (χ3n) is 4.00. The van der Waals surface area contributed by atoms with Crippen molar-refractivity contribution in [2.45, 2.75) is 6.61 Å². The molecule has 0 aliphatic heterocycles. The number of benzene rings is 3. The number of hydrogen-bond donors (Lipinski definition) is 0. The number of hydrogen-bond acceptors (Lipinski definition) is 1. The maximum atomic E-state index is 5.92. The van der Waals surface area contributed by atoms with E-state index in [1.807, 2.05) is 36.4 Å². The zero-order chi connectivity index (χ0) is 16.4. The molecule has 1 heterocycles. The van der Waals surface area contributed by atoms with Crippen LogP contribution in [0.5, 0.6) is 5.75 Å². The fourth-order valence-electron chi connectivity index (χ4n) is 2.80. The van der Waals surface area contributed by atoms with Crippen LogP contribution < -0.4 is 4.74 Å². The van der Waals surface area contributed by atoms with Crippen LogP contribution in [0.1, 0.15) is 5.56 Å². The number of ether oxygens (including phenoxy) is 1. The summed E-state index contributed by atoms with van der Waals surface area (Å²) in [7, 11) is 0. The van der Waals surface area contributed by atoms with E-state index in [4.69, 9.17) is 4.74 Å². The van der Waals surface area contributed by atoms with E-state index in [0.717, 1.165) is 15.9 Å². The van der Waals surface area contributed by atoms with Gasteiger partial charge in [-0.2, -0.15) is 0 Å². The molecule has 3 heteroatoms. The van der Waals surface area contributed by atoms with Crippen molar-refractivity contribution in [3.8, 4) is 11.4 Å². The zero-order valence-electron chi connectivity index (χ0n) is 13.0. The van der Waals surface area contributed by atoms with Gasteiger partial charge in [0.2, 0.25) is 0 Å². The molecule has 3 aromatic carbocycles. The Hall–Kier alpha value is -2.52. The van der Waals surface area contributed by atoms with Gasteiger partial charge in [-0.15, -0.1) is 0 Å². The molecule has 118 valence electrons. The lowest BCUT2D eigenvalue weighted by atomic mass is 10.2. The Balaban J connectivity index is 1.61. The van der Waals surface area contributed by atoms with Crippen molar-refractivity contribution in [1.29, 1.82) is 0 Å². The highest BCUT2D eigenvalue weighted by Gasteiger charge is 2.05. The van der Waals surface area contributed by atoms with Gasteiger partial charge >= 0.3 is 0 Å². The number of nitrogens with zero attached hydrogens (tertiary/aromatic N) is 1. The molecule has 0 aliphatic carbocycles. The first-order valence-corrected chi connectivity index (χ1v) is 8.63. The van der Waals surface area contributed by atoms with E-state index in [2.05, 4.69) is 69.2 Å².